The largest absolute Gasteiger partial charge is 0.479 e. The van der Waals surface area contributed by atoms with E-state index < -0.39 is 12.1 Å². The molecule has 0 saturated carbocycles. The summed E-state index contributed by atoms with van der Waals surface area (Å²) in [6, 6.07) is 7.39. The van der Waals surface area contributed by atoms with Gasteiger partial charge in [-0.05, 0) is 44.5 Å². The van der Waals surface area contributed by atoms with E-state index in [1.165, 1.54) is 10.6 Å². The number of ether oxygens (including phenoxy) is 1. The number of Topliss-reactive ketones (excluding diaryl/α,β-unsaturated/α-hetero) is 1. The number of fused-ring (bicyclic) bond motifs is 1. The number of carbonyl (C=O) groups is 2. The van der Waals surface area contributed by atoms with E-state index >= 15 is 0 Å². The van der Waals surface area contributed by atoms with E-state index in [2.05, 4.69) is 5.32 Å². The maximum absolute atomic E-state index is 12.7. The van der Waals surface area contributed by atoms with Crippen LogP contribution in [0.15, 0.2) is 41.3 Å². The normalized spacial score (nSPS) is 17.5. The quantitative estimate of drug-likeness (QED) is 0.878. The Labute approximate surface area is 139 Å². The molecule has 0 spiro atoms. The molecule has 0 aliphatic carbocycles. The lowest BCUT2D eigenvalue weighted by atomic mass is 10.0. The van der Waals surface area contributed by atoms with Gasteiger partial charge in [-0.25, -0.2) is 0 Å². The second-order valence-electron chi connectivity index (χ2n) is 5.95. The number of carbonyl (C=O) groups excluding carboxylic acids is 2. The van der Waals surface area contributed by atoms with Crippen LogP contribution in [0.3, 0.4) is 0 Å². The Kier molecular flexibility index (Phi) is 3.97. The van der Waals surface area contributed by atoms with Gasteiger partial charge in [0.25, 0.3) is 11.5 Å². The summed E-state index contributed by atoms with van der Waals surface area (Å²) in [5, 5.41) is 2.72. The van der Waals surface area contributed by atoms with Crippen LogP contribution in [-0.4, -0.2) is 22.4 Å². The maximum Gasteiger partial charge on any atom is 0.265 e. The zero-order valence-corrected chi connectivity index (χ0v) is 13.7. The summed E-state index contributed by atoms with van der Waals surface area (Å²) in [4.78, 5) is 36.4. The van der Waals surface area contributed by atoms with Crippen LogP contribution in [0.1, 0.15) is 35.8 Å². The lowest BCUT2D eigenvalue weighted by molar-refractivity contribution is -0.122. The molecule has 0 saturated heterocycles. The highest BCUT2D eigenvalue weighted by Gasteiger charge is 2.25. The van der Waals surface area contributed by atoms with Gasteiger partial charge in [-0.3, -0.25) is 14.4 Å². The molecule has 0 radical (unpaired) electrons. The molecule has 2 atom stereocenters. The monoisotopic (exact) mass is 326 g/mol. The highest BCUT2D eigenvalue weighted by atomic mass is 16.5. The van der Waals surface area contributed by atoms with Gasteiger partial charge in [-0.2, -0.15) is 0 Å². The third-order valence-corrected chi connectivity index (χ3v) is 4.08. The van der Waals surface area contributed by atoms with Crippen molar-refractivity contribution in [1.82, 2.24) is 4.57 Å². The van der Waals surface area contributed by atoms with Crippen molar-refractivity contribution >= 4 is 17.4 Å². The number of nitrogens with zero attached hydrogens (tertiary/aromatic N) is 1. The standard InChI is InChI=1S/C18H18N2O4/c1-10-4-7-16(21)20(9-10)11(2)17(22)13-5-6-15-14(8-13)19-18(23)12(3)24-15/h4-9,11-12H,1-3H3,(H,19,23). The first-order valence-corrected chi connectivity index (χ1v) is 7.71. The predicted octanol–water partition coefficient (Wildman–Crippen LogP) is 2.32. The first kappa shape index (κ1) is 16.0. The van der Waals surface area contributed by atoms with Gasteiger partial charge in [-0.15, -0.1) is 0 Å². The second-order valence-corrected chi connectivity index (χ2v) is 5.95. The number of rotatable bonds is 3. The molecule has 2 aromatic rings. The van der Waals surface area contributed by atoms with Crippen molar-refractivity contribution in [2.75, 3.05) is 5.32 Å². The van der Waals surface area contributed by atoms with Crippen LogP contribution in [0.25, 0.3) is 0 Å². The van der Waals surface area contributed by atoms with Gasteiger partial charge in [0.1, 0.15) is 5.75 Å². The van der Waals surface area contributed by atoms with Crippen molar-refractivity contribution < 1.29 is 14.3 Å². The summed E-state index contributed by atoms with van der Waals surface area (Å²) in [6.07, 6.45) is 1.10. The topological polar surface area (TPSA) is 77.4 Å². The predicted molar refractivity (Wildman–Crippen MR) is 89.6 cm³/mol. The summed E-state index contributed by atoms with van der Waals surface area (Å²) in [5.74, 6) is 0.0625. The number of nitrogens with one attached hydrogen (secondary N) is 1. The Morgan fingerprint density at radius 3 is 2.75 bits per heavy atom. The van der Waals surface area contributed by atoms with E-state index in [0.29, 0.717) is 17.0 Å². The van der Waals surface area contributed by atoms with Crippen molar-refractivity contribution in [3.8, 4) is 5.75 Å². The molecule has 1 aliphatic heterocycles. The number of ketones is 1. The molecule has 1 aromatic heterocycles. The minimum absolute atomic E-state index is 0.210. The number of pyridine rings is 1. The molecule has 1 aromatic carbocycles. The summed E-state index contributed by atoms with van der Waals surface area (Å²) in [7, 11) is 0. The average molecular weight is 326 g/mol. The molecule has 24 heavy (non-hydrogen) atoms. The van der Waals surface area contributed by atoms with E-state index in [4.69, 9.17) is 4.74 Å². The molecule has 2 unspecified atom stereocenters. The first-order chi connectivity index (χ1) is 11.4. The van der Waals surface area contributed by atoms with Gasteiger partial charge in [0.2, 0.25) is 0 Å². The third-order valence-electron chi connectivity index (χ3n) is 4.08. The molecule has 6 heteroatoms. The lowest BCUT2D eigenvalue weighted by Gasteiger charge is -2.24. The minimum Gasteiger partial charge on any atom is -0.479 e. The van der Waals surface area contributed by atoms with Crippen LogP contribution in [0.2, 0.25) is 0 Å². The number of hydrogen-bond acceptors (Lipinski definition) is 4. The molecule has 6 nitrogen and oxygen atoms in total. The molecule has 124 valence electrons. The molecule has 1 amide bonds. The number of aryl methyl sites for hydroxylation is 1. The van der Waals surface area contributed by atoms with Crippen molar-refractivity contribution in [3.63, 3.8) is 0 Å². The summed E-state index contributed by atoms with van der Waals surface area (Å²) < 4.78 is 6.89. The van der Waals surface area contributed by atoms with Crippen LogP contribution in [-0.2, 0) is 4.79 Å². The first-order valence-electron chi connectivity index (χ1n) is 7.71. The van der Waals surface area contributed by atoms with E-state index in [9.17, 15) is 14.4 Å². The highest BCUT2D eigenvalue weighted by Crippen LogP contribution is 2.31. The van der Waals surface area contributed by atoms with Crippen LogP contribution in [0.5, 0.6) is 5.75 Å². The molecular weight excluding hydrogens is 308 g/mol. The van der Waals surface area contributed by atoms with E-state index in [-0.39, 0.29) is 17.2 Å². The van der Waals surface area contributed by atoms with Gasteiger partial charge < -0.3 is 14.6 Å². The lowest BCUT2D eigenvalue weighted by Crippen LogP contribution is -2.34. The van der Waals surface area contributed by atoms with E-state index in [1.54, 1.807) is 44.3 Å². The molecular formula is C18H18N2O4. The van der Waals surface area contributed by atoms with Crippen molar-refractivity contribution in [3.05, 3.63) is 58.0 Å². The summed E-state index contributed by atoms with van der Waals surface area (Å²) in [5.41, 5.74) is 1.54. The van der Waals surface area contributed by atoms with Gasteiger partial charge in [0.15, 0.2) is 11.9 Å². The number of anilines is 1. The fourth-order valence-electron chi connectivity index (χ4n) is 2.65. The molecule has 0 bridgehead atoms. The van der Waals surface area contributed by atoms with E-state index in [1.807, 2.05) is 6.92 Å². The van der Waals surface area contributed by atoms with Gasteiger partial charge in [0, 0.05) is 17.8 Å². The van der Waals surface area contributed by atoms with Crippen LogP contribution in [0, 0.1) is 6.92 Å². The molecule has 2 heterocycles. The Balaban J connectivity index is 1.93. The fraction of sp³-hybridized carbons (Fsp3) is 0.278. The third kappa shape index (κ3) is 2.82. The minimum atomic E-state index is -0.644. The number of amides is 1. The molecule has 1 N–H and O–H groups in total. The summed E-state index contributed by atoms with van der Waals surface area (Å²) >= 11 is 0. The van der Waals surface area contributed by atoms with Crippen LogP contribution in [0.4, 0.5) is 5.69 Å². The second kappa shape index (κ2) is 5.96. The zero-order chi connectivity index (χ0) is 17.4. The SMILES string of the molecule is Cc1ccc(=O)n(C(C)C(=O)c2ccc3c(c2)NC(=O)C(C)O3)c1. The fourth-order valence-corrected chi connectivity index (χ4v) is 2.65. The Bertz CT molecular complexity index is 885. The van der Waals surface area contributed by atoms with Crippen molar-refractivity contribution in [2.45, 2.75) is 32.9 Å². The summed E-state index contributed by atoms with van der Waals surface area (Å²) in [6.45, 7) is 5.20. The van der Waals surface area contributed by atoms with Crippen LogP contribution >= 0.6 is 0 Å². The van der Waals surface area contributed by atoms with Crippen molar-refractivity contribution in [1.29, 1.82) is 0 Å². The van der Waals surface area contributed by atoms with Gasteiger partial charge in [0.05, 0.1) is 11.7 Å². The molecule has 0 fully saturated rings. The smallest absolute Gasteiger partial charge is 0.265 e. The number of aromatic nitrogens is 1. The van der Waals surface area contributed by atoms with Crippen molar-refractivity contribution in [2.24, 2.45) is 0 Å². The maximum atomic E-state index is 12.7. The Morgan fingerprint density at radius 2 is 2.00 bits per heavy atom. The molecule has 1 aliphatic rings. The van der Waals surface area contributed by atoms with Gasteiger partial charge >= 0.3 is 0 Å². The highest BCUT2D eigenvalue weighted by molar-refractivity contribution is 6.02. The van der Waals surface area contributed by atoms with Crippen LogP contribution < -0.4 is 15.6 Å². The zero-order valence-electron chi connectivity index (χ0n) is 13.7. The van der Waals surface area contributed by atoms with E-state index in [0.717, 1.165) is 5.56 Å². The van der Waals surface area contributed by atoms with Gasteiger partial charge in [-0.1, -0.05) is 6.07 Å². The number of benzene rings is 1. The number of hydrogen-bond donors (Lipinski definition) is 1. The Hall–Kier alpha value is -2.89. The average Bonchev–Trinajstić information content (AvgIpc) is 2.56. The molecule has 3 rings (SSSR count). The Morgan fingerprint density at radius 1 is 1.25 bits per heavy atom.